The summed E-state index contributed by atoms with van der Waals surface area (Å²) in [6.07, 6.45) is 6.15. The highest BCUT2D eigenvalue weighted by Gasteiger charge is 2.28. The average Bonchev–Trinajstić information content (AvgIpc) is 3.34. The molecule has 366 valence electrons. The van der Waals surface area contributed by atoms with Crippen LogP contribution in [0, 0.1) is 0 Å². The number of nitrogens with zero attached hydrogens (tertiary/aromatic N) is 2. The Morgan fingerprint density at radius 1 is 0.544 bits per heavy atom. The van der Waals surface area contributed by atoms with Crippen LogP contribution in [0.3, 0.4) is 0 Å². The van der Waals surface area contributed by atoms with Gasteiger partial charge in [0, 0.05) is 28.6 Å². The summed E-state index contributed by atoms with van der Waals surface area (Å²) in [7, 11) is 0. The first kappa shape index (κ1) is 56.6. The molecule has 1 saturated heterocycles. The number of piperidine rings is 1. The third-order valence-corrected chi connectivity index (χ3v) is 12.0. The zero-order valence-electron chi connectivity index (χ0n) is 39.4. The number of carboxylic acid groups (broad SMARTS) is 4. The largest absolute Gasteiger partial charge is 0.480 e. The monoisotopic (exact) mass is 970 g/mol. The number of rotatable bonds is 21. The van der Waals surface area contributed by atoms with Gasteiger partial charge in [0.15, 0.2) is 0 Å². The van der Waals surface area contributed by atoms with Crippen molar-refractivity contribution in [2.24, 2.45) is 0 Å². The number of anilines is 1. The fraction of sp³-hybridized carbons (Fsp3) is 0.370. The van der Waals surface area contributed by atoms with Gasteiger partial charge in [0.05, 0.1) is 0 Å². The summed E-state index contributed by atoms with van der Waals surface area (Å²) < 4.78 is 0. The Labute approximate surface area is 411 Å². The van der Waals surface area contributed by atoms with Crippen molar-refractivity contribution in [1.82, 2.24) is 15.1 Å². The number of aliphatic carboxylic acids is 4. The Hall–Kier alpha value is -5.76. The molecular weight excluding hydrogens is 904 g/mol. The zero-order valence-corrected chi connectivity index (χ0v) is 40.9. The van der Waals surface area contributed by atoms with Gasteiger partial charge in [0.1, 0.15) is 24.2 Å². The highest BCUT2D eigenvalue weighted by atomic mass is 35.5. The van der Waals surface area contributed by atoms with E-state index >= 15 is 0 Å². The molecule has 6 N–H and O–H groups in total. The molecule has 0 amide bonds. The quantitative estimate of drug-likeness (QED) is 0.0411. The van der Waals surface area contributed by atoms with Crippen molar-refractivity contribution >= 4 is 52.8 Å². The third-order valence-electron chi connectivity index (χ3n) is 11.3. The van der Waals surface area contributed by atoms with Crippen LogP contribution in [0.5, 0.6) is 0 Å². The minimum absolute atomic E-state index is 0.355. The number of benzene rings is 5. The van der Waals surface area contributed by atoms with Gasteiger partial charge in [-0.1, -0.05) is 166 Å². The molecular formula is C54H68Cl2N4O8. The van der Waals surface area contributed by atoms with Crippen LogP contribution in [0.1, 0.15) is 68.7 Å². The normalized spacial score (nSPS) is 13.9. The van der Waals surface area contributed by atoms with E-state index in [0.717, 1.165) is 79.9 Å². The molecule has 4 atom stereocenters. The van der Waals surface area contributed by atoms with Crippen LogP contribution in [0.15, 0.2) is 140 Å². The maximum atomic E-state index is 11.5. The number of halogens is 2. The maximum absolute atomic E-state index is 11.5. The van der Waals surface area contributed by atoms with Crippen LogP contribution in [-0.4, -0.2) is 111 Å². The van der Waals surface area contributed by atoms with E-state index in [9.17, 15) is 34.5 Å². The lowest BCUT2D eigenvalue weighted by Crippen LogP contribution is -2.45. The van der Waals surface area contributed by atoms with Crippen molar-refractivity contribution < 1.29 is 39.6 Å². The molecule has 1 aliphatic heterocycles. The number of hydrogen-bond donors (Lipinski definition) is 6. The molecule has 0 spiro atoms. The second-order valence-electron chi connectivity index (χ2n) is 16.2. The van der Waals surface area contributed by atoms with E-state index in [1.807, 2.05) is 152 Å². The fourth-order valence-electron chi connectivity index (χ4n) is 7.60. The molecule has 0 aromatic heterocycles. The summed E-state index contributed by atoms with van der Waals surface area (Å²) in [5.74, 6) is -3.18. The van der Waals surface area contributed by atoms with Gasteiger partial charge < -0.3 is 31.1 Å². The first-order valence-corrected chi connectivity index (χ1v) is 24.0. The first-order chi connectivity index (χ1) is 32.8. The molecule has 0 radical (unpaired) electrons. The van der Waals surface area contributed by atoms with E-state index in [1.54, 1.807) is 18.2 Å². The Balaban J connectivity index is 0.000000241. The highest BCUT2D eigenvalue weighted by molar-refractivity contribution is 6.36. The van der Waals surface area contributed by atoms with Crippen molar-refractivity contribution in [3.63, 3.8) is 0 Å². The molecule has 14 heteroatoms. The second-order valence-corrected chi connectivity index (χ2v) is 17.1. The lowest BCUT2D eigenvalue weighted by Gasteiger charge is -2.32. The molecule has 68 heavy (non-hydrogen) atoms. The molecule has 1 heterocycles. The number of para-hydroxylation sites is 1. The van der Waals surface area contributed by atoms with Crippen molar-refractivity contribution in [3.05, 3.63) is 172 Å². The Morgan fingerprint density at radius 2 is 0.985 bits per heavy atom. The van der Waals surface area contributed by atoms with E-state index in [-0.39, 0.29) is 0 Å². The van der Waals surface area contributed by atoms with E-state index in [4.69, 9.17) is 28.3 Å². The molecule has 0 saturated carbocycles. The van der Waals surface area contributed by atoms with Crippen LogP contribution in [0.4, 0.5) is 5.69 Å². The van der Waals surface area contributed by atoms with Gasteiger partial charge >= 0.3 is 23.9 Å². The molecule has 0 bridgehead atoms. The Kier molecular flexibility index (Phi) is 26.7. The number of carbonyl (C=O) groups is 4. The van der Waals surface area contributed by atoms with Gasteiger partial charge in [-0.3, -0.25) is 24.2 Å². The topological polar surface area (TPSA) is 180 Å². The molecule has 4 unspecified atom stereocenters. The van der Waals surface area contributed by atoms with Crippen molar-refractivity contribution in [3.8, 4) is 0 Å². The molecule has 5 aromatic rings. The standard InChI is InChI=1S/C15H15NO2.C14H17Cl2NO2.C13H19NO2.C12H17NO2/c17-15(18)14(11-12-7-3-1-4-8-12)16-13-9-5-2-6-10-13;15-11-5-4-6-12(16)10(11)9-13(14(18)19)17-7-2-1-3-8-17;1-3-14(4-2)12(13(15)16)10-11-8-6-5-7-9-11;1-2-8-13-11(12(14)15)9-10-6-4-3-5-7-10/h1-10,14,16H,11H2,(H,17,18);4-6,13H,1-3,7-9H2,(H,18,19);5-9,12H,3-4,10H2,1-2H3,(H,15,16);3-7,11,13H,2,8-9H2,1H3,(H,14,15). The van der Waals surface area contributed by atoms with Crippen LogP contribution in [0.2, 0.25) is 10.0 Å². The minimum atomic E-state index is -0.845. The van der Waals surface area contributed by atoms with Gasteiger partial charge in [-0.15, -0.1) is 0 Å². The lowest BCUT2D eigenvalue weighted by atomic mass is 10.0. The molecule has 0 aliphatic carbocycles. The smallest absolute Gasteiger partial charge is 0.326 e. The van der Waals surface area contributed by atoms with Crippen molar-refractivity contribution in [1.29, 1.82) is 0 Å². The van der Waals surface area contributed by atoms with Gasteiger partial charge in [0.25, 0.3) is 0 Å². The lowest BCUT2D eigenvalue weighted by molar-refractivity contribution is -0.144. The molecule has 6 rings (SSSR count). The first-order valence-electron chi connectivity index (χ1n) is 23.3. The van der Waals surface area contributed by atoms with E-state index in [2.05, 4.69) is 10.6 Å². The van der Waals surface area contributed by atoms with E-state index in [1.165, 1.54) is 6.42 Å². The number of carboxylic acids is 4. The van der Waals surface area contributed by atoms with Gasteiger partial charge in [-0.25, -0.2) is 4.79 Å². The summed E-state index contributed by atoms with van der Waals surface area (Å²) >= 11 is 12.2. The minimum Gasteiger partial charge on any atom is -0.480 e. The van der Waals surface area contributed by atoms with Crippen molar-refractivity contribution in [2.75, 3.05) is 38.0 Å². The summed E-state index contributed by atoms with van der Waals surface area (Å²) in [5, 5.41) is 44.0. The average molecular weight is 972 g/mol. The molecule has 12 nitrogen and oxygen atoms in total. The number of likely N-dealkylation sites (N-methyl/N-ethyl adjacent to an activating group) is 1. The number of nitrogens with one attached hydrogen (secondary N) is 2. The van der Waals surface area contributed by atoms with E-state index in [0.29, 0.717) is 35.7 Å². The van der Waals surface area contributed by atoms with Crippen LogP contribution >= 0.6 is 23.2 Å². The SMILES string of the molecule is CCCNC(Cc1ccccc1)C(=O)O.CCN(CC)C(Cc1ccccc1)C(=O)O.O=C(O)C(Cc1c(Cl)cccc1Cl)N1CCCCC1.O=C(O)C(Cc1ccccc1)Nc1ccccc1. The van der Waals surface area contributed by atoms with Gasteiger partial charge in [-0.05, 0) is 111 Å². The van der Waals surface area contributed by atoms with Crippen LogP contribution in [0.25, 0.3) is 0 Å². The third kappa shape index (κ3) is 21.0. The van der Waals surface area contributed by atoms with Crippen molar-refractivity contribution in [2.45, 2.75) is 96.3 Å². The van der Waals surface area contributed by atoms with E-state index < -0.39 is 48.0 Å². The summed E-state index contributed by atoms with van der Waals surface area (Å²) in [4.78, 5) is 48.9. The zero-order chi connectivity index (χ0) is 49.7. The number of hydrogen-bond acceptors (Lipinski definition) is 8. The van der Waals surface area contributed by atoms with Crippen LogP contribution in [-0.2, 0) is 44.9 Å². The van der Waals surface area contributed by atoms with Crippen LogP contribution < -0.4 is 10.6 Å². The van der Waals surface area contributed by atoms with Gasteiger partial charge in [0.2, 0.25) is 0 Å². The Bertz CT molecular complexity index is 2140. The number of likely N-dealkylation sites (tertiary alicyclic amines) is 1. The summed E-state index contributed by atoms with van der Waals surface area (Å²) in [5.41, 5.74) is 4.67. The maximum Gasteiger partial charge on any atom is 0.326 e. The summed E-state index contributed by atoms with van der Waals surface area (Å²) in [6.45, 7) is 9.94. The fourth-order valence-corrected chi connectivity index (χ4v) is 8.15. The molecule has 1 aliphatic rings. The Morgan fingerprint density at radius 3 is 1.40 bits per heavy atom. The highest BCUT2D eigenvalue weighted by Crippen LogP contribution is 2.27. The summed E-state index contributed by atoms with van der Waals surface area (Å²) in [6, 6.07) is 41.6. The predicted molar refractivity (Wildman–Crippen MR) is 273 cm³/mol. The second kappa shape index (κ2) is 32.1. The molecule has 5 aromatic carbocycles. The van der Waals surface area contributed by atoms with Gasteiger partial charge in [-0.2, -0.15) is 0 Å². The predicted octanol–water partition coefficient (Wildman–Crippen LogP) is 9.98. The molecule has 1 fully saturated rings.